The first-order valence-electron chi connectivity index (χ1n) is 8.62. The fourth-order valence-electron chi connectivity index (χ4n) is 2.47. The van der Waals surface area contributed by atoms with Crippen molar-refractivity contribution in [2.45, 2.75) is 13.2 Å². The molecule has 0 aliphatic heterocycles. The number of carbonyl (C=O) groups excluding carboxylic acids is 1. The van der Waals surface area contributed by atoms with Gasteiger partial charge in [-0.1, -0.05) is 29.8 Å². The van der Waals surface area contributed by atoms with Crippen LogP contribution in [-0.2, 0) is 13.2 Å². The van der Waals surface area contributed by atoms with E-state index in [1.807, 2.05) is 42.5 Å². The molecule has 29 heavy (non-hydrogen) atoms. The van der Waals surface area contributed by atoms with E-state index < -0.39 is 11.0 Å². The molecule has 2 aromatic carbocycles. The van der Waals surface area contributed by atoms with Gasteiger partial charge in [0.2, 0.25) is 0 Å². The van der Waals surface area contributed by atoms with Gasteiger partial charge in [0, 0.05) is 24.5 Å². The summed E-state index contributed by atoms with van der Waals surface area (Å²) in [5, 5.41) is 16.2. The fourth-order valence-corrected chi connectivity index (χ4v) is 2.66. The van der Waals surface area contributed by atoms with Gasteiger partial charge in [0.05, 0.1) is 10.6 Å². The number of carbonyl (C=O) groups is 1. The first-order chi connectivity index (χ1) is 14.0. The molecule has 0 aliphatic carbocycles. The van der Waals surface area contributed by atoms with Gasteiger partial charge in [-0.3, -0.25) is 15.1 Å². The molecule has 0 fully saturated rings. The second-order valence-corrected chi connectivity index (χ2v) is 6.40. The third-order valence-corrected chi connectivity index (χ3v) is 4.18. The highest BCUT2D eigenvalue weighted by molar-refractivity contribution is 6.32. The maximum atomic E-state index is 12.1. The third-order valence-electron chi connectivity index (χ3n) is 3.87. The van der Waals surface area contributed by atoms with Crippen LogP contribution in [0.5, 0.6) is 5.75 Å². The molecule has 1 heterocycles. The summed E-state index contributed by atoms with van der Waals surface area (Å²) in [5.74, 6) is 0.656. The summed E-state index contributed by atoms with van der Waals surface area (Å²) in [6, 6.07) is 16.5. The topological polar surface area (TPSA) is 106 Å². The zero-order chi connectivity index (χ0) is 20.6. The summed E-state index contributed by atoms with van der Waals surface area (Å²) >= 11 is 5.76. The molecule has 8 nitrogen and oxygen atoms in total. The highest BCUT2D eigenvalue weighted by Crippen LogP contribution is 2.27. The molecule has 0 unspecified atom stereocenters. The fraction of sp³-hybridized carbons (Fsp3) is 0.100. The Bertz CT molecular complexity index is 1010. The van der Waals surface area contributed by atoms with E-state index in [4.69, 9.17) is 16.3 Å². The number of rotatable bonds is 7. The lowest BCUT2D eigenvalue weighted by atomic mass is 10.2. The van der Waals surface area contributed by atoms with E-state index in [2.05, 4.69) is 15.6 Å². The minimum atomic E-state index is -0.609. The van der Waals surface area contributed by atoms with Crippen molar-refractivity contribution >= 4 is 29.0 Å². The Hall–Kier alpha value is -3.65. The number of aromatic nitrogens is 1. The van der Waals surface area contributed by atoms with E-state index in [1.165, 1.54) is 18.2 Å². The van der Waals surface area contributed by atoms with Gasteiger partial charge in [0.25, 0.3) is 5.69 Å². The van der Waals surface area contributed by atoms with Gasteiger partial charge in [-0.15, -0.1) is 0 Å². The molecule has 0 saturated carbocycles. The number of amides is 2. The monoisotopic (exact) mass is 412 g/mol. The Labute approximate surface area is 171 Å². The lowest BCUT2D eigenvalue weighted by molar-refractivity contribution is -0.384. The van der Waals surface area contributed by atoms with Crippen LogP contribution in [0, 0.1) is 10.1 Å². The van der Waals surface area contributed by atoms with E-state index >= 15 is 0 Å². The molecule has 148 valence electrons. The maximum absolute atomic E-state index is 12.1. The number of benzene rings is 2. The van der Waals surface area contributed by atoms with E-state index in [9.17, 15) is 14.9 Å². The number of nitrogens with zero attached hydrogens (tertiary/aromatic N) is 2. The maximum Gasteiger partial charge on any atom is 0.319 e. The number of nitrogens with one attached hydrogen (secondary N) is 2. The van der Waals surface area contributed by atoms with E-state index in [0.717, 1.165) is 11.3 Å². The predicted molar refractivity (Wildman–Crippen MR) is 109 cm³/mol. The molecule has 0 atom stereocenters. The van der Waals surface area contributed by atoms with Crippen LogP contribution >= 0.6 is 11.6 Å². The van der Waals surface area contributed by atoms with Gasteiger partial charge in [-0.25, -0.2) is 4.79 Å². The Morgan fingerprint density at radius 3 is 2.76 bits per heavy atom. The standard InChI is InChI=1S/C20H17ClN4O4/c21-18-8-7-15(11-19(18)25(27)28)24-20(26)23-12-14-4-3-6-17(10-14)29-13-16-5-1-2-9-22-16/h1-11H,12-13H2,(H2,23,24,26). The number of pyridine rings is 1. The highest BCUT2D eigenvalue weighted by Gasteiger charge is 2.13. The molecule has 1 aromatic heterocycles. The molecule has 0 spiro atoms. The van der Waals surface area contributed by atoms with E-state index in [0.29, 0.717) is 12.4 Å². The quantitative estimate of drug-likeness (QED) is 0.437. The third kappa shape index (κ3) is 5.91. The molecular formula is C20H17ClN4O4. The van der Waals surface area contributed by atoms with Gasteiger partial charge in [0.1, 0.15) is 17.4 Å². The predicted octanol–water partition coefficient (Wildman–Crippen LogP) is 4.54. The van der Waals surface area contributed by atoms with Crippen molar-refractivity contribution in [2.24, 2.45) is 0 Å². The Morgan fingerprint density at radius 2 is 2.00 bits per heavy atom. The normalized spacial score (nSPS) is 10.2. The van der Waals surface area contributed by atoms with Crippen molar-refractivity contribution in [1.29, 1.82) is 0 Å². The molecule has 0 aliphatic rings. The molecule has 0 radical (unpaired) electrons. The van der Waals surface area contributed by atoms with Crippen LogP contribution in [0.1, 0.15) is 11.3 Å². The number of urea groups is 1. The summed E-state index contributed by atoms with van der Waals surface area (Å²) in [4.78, 5) is 26.6. The number of halogens is 1. The molecular weight excluding hydrogens is 396 g/mol. The Kier molecular flexibility index (Phi) is 6.59. The number of nitro benzene ring substituents is 1. The number of hydrogen-bond donors (Lipinski definition) is 2. The van der Waals surface area contributed by atoms with Crippen LogP contribution in [0.4, 0.5) is 16.2 Å². The second-order valence-electron chi connectivity index (χ2n) is 5.99. The average Bonchev–Trinajstić information content (AvgIpc) is 2.73. The van der Waals surface area contributed by atoms with E-state index in [1.54, 1.807) is 6.20 Å². The Balaban J connectivity index is 1.54. The zero-order valence-electron chi connectivity index (χ0n) is 15.2. The summed E-state index contributed by atoms with van der Waals surface area (Å²) in [5.41, 5.74) is 1.64. The largest absolute Gasteiger partial charge is 0.487 e. The molecule has 0 bridgehead atoms. The lowest BCUT2D eigenvalue weighted by Gasteiger charge is -2.10. The number of ether oxygens (including phenoxy) is 1. The lowest BCUT2D eigenvalue weighted by Crippen LogP contribution is -2.28. The molecule has 0 saturated heterocycles. The van der Waals surface area contributed by atoms with Crippen molar-refractivity contribution in [1.82, 2.24) is 10.3 Å². The van der Waals surface area contributed by atoms with Crippen LogP contribution in [0.15, 0.2) is 66.9 Å². The smallest absolute Gasteiger partial charge is 0.319 e. The van der Waals surface area contributed by atoms with Gasteiger partial charge in [-0.05, 0) is 42.0 Å². The SMILES string of the molecule is O=C(NCc1cccc(OCc2ccccn2)c1)Nc1ccc(Cl)c([N+](=O)[O-])c1. The van der Waals surface area contributed by atoms with Crippen LogP contribution in [0.2, 0.25) is 5.02 Å². The zero-order valence-corrected chi connectivity index (χ0v) is 15.9. The highest BCUT2D eigenvalue weighted by atomic mass is 35.5. The summed E-state index contributed by atoms with van der Waals surface area (Å²) < 4.78 is 5.71. The molecule has 9 heteroatoms. The second kappa shape index (κ2) is 9.52. The van der Waals surface area contributed by atoms with Crippen LogP contribution in [0.25, 0.3) is 0 Å². The minimum absolute atomic E-state index is 0.00322. The summed E-state index contributed by atoms with van der Waals surface area (Å²) in [6.07, 6.45) is 1.70. The van der Waals surface area contributed by atoms with Crippen molar-refractivity contribution < 1.29 is 14.5 Å². The molecule has 3 rings (SSSR count). The number of hydrogen-bond acceptors (Lipinski definition) is 5. The van der Waals surface area contributed by atoms with Crippen LogP contribution < -0.4 is 15.4 Å². The van der Waals surface area contributed by atoms with Gasteiger partial charge in [0.15, 0.2) is 0 Å². The van der Waals surface area contributed by atoms with Crippen molar-refractivity contribution in [3.8, 4) is 5.75 Å². The van der Waals surface area contributed by atoms with Crippen molar-refractivity contribution in [2.75, 3.05) is 5.32 Å². The average molecular weight is 413 g/mol. The Morgan fingerprint density at radius 1 is 1.14 bits per heavy atom. The summed E-state index contributed by atoms with van der Waals surface area (Å²) in [7, 11) is 0. The molecule has 2 amide bonds. The van der Waals surface area contributed by atoms with Crippen LogP contribution in [0.3, 0.4) is 0 Å². The van der Waals surface area contributed by atoms with Gasteiger partial charge >= 0.3 is 6.03 Å². The van der Waals surface area contributed by atoms with Crippen molar-refractivity contribution in [3.63, 3.8) is 0 Å². The number of nitro groups is 1. The molecule has 2 N–H and O–H groups in total. The van der Waals surface area contributed by atoms with Crippen LogP contribution in [-0.4, -0.2) is 15.9 Å². The number of anilines is 1. The minimum Gasteiger partial charge on any atom is -0.487 e. The summed E-state index contributed by atoms with van der Waals surface area (Å²) in [6.45, 7) is 0.593. The van der Waals surface area contributed by atoms with Crippen molar-refractivity contribution in [3.05, 3.63) is 93.3 Å². The van der Waals surface area contributed by atoms with Gasteiger partial charge < -0.3 is 15.4 Å². The first-order valence-corrected chi connectivity index (χ1v) is 8.99. The molecule has 3 aromatic rings. The first kappa shape index (κ1) is 20.1. The van der Waals surface area contributed by atoms with E-state index in [-0.39, 0.29) is 22.9 Å². The van der Waals surface area contributed by atoms with Gasteiger partial charge in [-0.2, -0.15) is 0 Å².